The van der Waals surface area contributed by atoms with Gasteiger partial charge in [-0.25, -0.2) is 9.78 Å². The van der Waals surface area contributed by atoms with Crippen LogP contribution in [0, 0.1) is 5.92 Å². The average Bonchev–Trinajstić information content (AvgIpc) is 2.78. The summed E-state index contributed by atoms with van der Waals surface area (Å²) in [4.78, 5) is 14.8. The molecule has 2 rings (SSSR count). The van der Waals surface area contributed by atoms with Crippen LogP contribution in [0.4, 0.5) is 5.00 Å². The molecule has 1 aromatic rings. The van der Waals surface area contributed by atoms with Gasteiger partial charge in [0.1, 0.15) is 5.00 Å². The molecule has 0 spiro atoms. The van der Waals surface area contributed by atoms with Crippen molar-refractivity contribution in [3.63, 3.8) is 0 Å². The Labute approximate surface area is 105 Å². The van der Waals surface area contributed by atoms with Crippen LogP contribution >= 0.6 is 11.3 Å². The highest BCUT2D eigenvalue weighted by Crippen LogP contribution is 2.29. The van der Waals surface area contributed by atoms with Gasteiger partial charge in [-0.15, -0.1) is 11.3 Å². The molecule has 0 radical (unpaired) electrons. The summed E-state index contributed by atoms with van der Waals surface area (Å²) in [5.74, 6) is -0.294. The molecule has 1 fully saturated rings. The van der Waals surface area contributed by atoms with E-state index in [1.165, 1.54) is 43.4 Å². The maximum atomic E-state index is 10.9. The van der Waals surface area contributed by atoms with Gasteiger partial charge in [0.05, 0.1) is 5.51 Å². The van der Waals surface area contributed by atoms with Gasteiger partial charge in [0.2, 0.25) is 0 Å². The Hall–Kier alpha value is -1.10. The van der Waals surface area contributed by atoms with E-state index >= 15 is 0 Å². The number of carboxylic acids is 1. The third-order valence-electron chi connectivity index (χ3n) is 3.49. The molecule has 0 saturated heterocycles. The highest BCUT2D eigenvalue weighted by molar-refractivity contribution is 7.14. The van der Waals surface area contributed by atoms with Gasteiger partial charge in [0.25, 0.3) is 0 Å². The molecule has 0 aliphatic heterocycles. The summed E-state index contributed by atoms with van der Waals surface area (Å²) in [5, 5.41) is 13.0. The average molecular weight is 254 g/mol. The maximum Gasteiger partial charge on any atom is 0.357 e. The molecule has 1 aliphatic rings. The van der Waals surface area contributed by atoms with Gasteiger partial charge in [0, 0.05) is 6.04 Å². The van der Waals surface area contributed by atoms with Crippen molar-refractivity contribution < 1.29 is 9.90 Å². The lowest BCUT2D eigenvalue weighted by molar-refractivity contribution is 0.0692. The van der Waals surface area contributed by atoms with Crippen LogP contribution in [0.2, 0.25) is 0 Å². The highest BCUT2D eigenvalue weighted by atomic mass is 32.1. The fraction of sp³-hybridized carbons (Fsp3) is 0.667. The molecule has 1 heterocycles. The first-order chi connectivity index (χ1) is 8.18. The molecule has 0 bridgehead atoms. The Morgan fingerprint density at radius 2 is 2.24 bits per heavy atom. The van der Waals surface area contributed by atoms with E-state index in [1.807, 2.05) is 0 Å². The number of thiazole rings is 1. The number of carboxylic acid groups (broad SMARTS) is 1. The van der Waals surface area contributed by atoms with Crippen LogP contribution in [0.15, 0.2) is 5.51 Å². The van der Waals surface area contributed by atoms with E-state index in [4.69, 9.17) is 5.11 Å². The molecule has 5 heteroatoms. The minimum atomic E-state index is -0.954. The summed E-state index contributed by atoms with van der Waals surface area (Å²) in [6.07, 6.45) is 6.42. The normalized spacial score (nSPS) is 18.9. The Bertz CT molecular complexity index is 386. The molecular weight excluding hydrogens is 236 g/mol. The first-order valence-electron chi connectivity index (χ1n) is 6.12. The second-order valence-electron chi connectivity index (χ2n) is 4.67. The molecular formula is C12H18N2O2S. The van der Waals surface area contributed by atoms with Crippen molar-refractivity contribution in [1.82, 2.24) is 4.98 Å². The van der Waals surface area contributed by atoms with Crippen molar-refractivity contribution in [2.75, 3.05) is 5.32 Å². The molecule has 0 aromatic carbocycles. The van der Waals surface area contributed by atoms with Gasteiger partial charge in [-0.05, 0) is 25.7 Å². The van der Waals surface area contributed by atoms with Gasteiger partial charge in [-0.1, -0.05) is 19.3 Å². The van der Waals surface area contributed by atoms with Gasteiger partial charge >= 0.3 is 5.97 Å². The molecule has 0 amide bonds. The molecule has 2 N–H and O–H groups in total. The predicted octanol–water partition coefficient (Wildman–Crippen LogP) is 3.22. The number of nitrogens with one attached hydrogen (secondary N) is 1. The van der Waals surface area contributed by atoms with Crippen molar-refractivity contribution in [3.8, 4) is 0 Å². The Balaban J connectivity index is 1.99. The molecule has 1 atom stereocenters. The van der Waals surface area contributed by atoms with E-state index in [2.05, 4.69) is 17.2 Å². The van der Waals surface area contributed by atoms with Crippen LogP contribution in [0.3, 0.4) is 0 Å². The second kappa shape index (κ2) is 5.49. The monoisotopic (exact) mass is 254 g/mol. The maximum absolute atomic E-state index is 10.9. The molecule has 1 aliphatic carbocycles. The topological polar surface area (TPSA) is 62.2 Å². The van der Waals surface area contributed by atoms with Crippen LogP contribution in [-0.4, -0.2) is 22.1 Å². The van der Waals surface area contributed by atoms with Gasteiger partial charge in [0.15, 0.2) is 5.69 Å². The Kier molecular flexibility index (Phi) is 3.99. The van der Waals surface area contributed by atoms with Gasteiger partial charge < -0.3 is 10.4 Å². The third-order valence-corrected chi connectivity index (χ3v) is 4.24. The number of aromatic nitrogens is 1. The summed E-state index contributed by atoms with van der Waals surface area (Å²) in [6, 6.07) is 0.328. The van der Waals surface area contributed by atoms with E-state index < -0.39 is 5.97 Å². The van der Waals surface area contributed by atoms with Gasteiger partial charge in [-0.2, -0.15) is 0 Å². The molecule has 1 unspecified atom stereocenters. The lowest BCUT2D eigenvalue weighted by Gasteiger charge is -2.28. The molecule has 1 aromatic heterocycles. The zero-order valence-corrected chi connectivity index (χ0v) is 10.8. The molecule has 94 valence electrons. The minimum Gasteiger partial charge on any atom is -0.476 e. The van der Waals surface area contributed by atoms with Crippen LogP contribution < -0.4 is 5.32 Å². The zero-order chi connectivity index (χ0) is 12.3. The minimum absolute atomic E-state index is 0.151. The van der Waals surface area contributed by atoms with E-state index in [1.54, 1.807) is 5.51 Å². The van der Waals surface area contributed by atoms with Crippen molar-refractivity contribution in [3.05, 3.63) is 11.2 Å². The van der Waals surface area contributed by atoms with Crippen LogP contribution in [0.1, 0.15) is 49.5 Å². The van der Waals surface area contributed by atoms with E-state index in [9.17, 15) is 4.79 Å². The molecule has 17 heavy (non-hydrogen) atoms. The molecule has 4 nitrogen and oxygen atoms in total. The third kappa shape index (κ3) is 2.97. The van der Waals surface area contributed by atoms with E-state index in [-0.39, 0.29) is 5.69 Å². The highest BCUT2D eigenvalue weighted by Gasteiger charge is 2.22. The van der Waals surface area contributed by atoms with Crippen molar-refractivity contribution in [1.29, 1.82) is 0 Å². The predicted molar refractivity (Wildman–Crippen MR) is 68.7 cm³/mol. The zero-order valence-electron chi connectivity index (χ0n) is 9.98. The molecule has 1 saturated carbocycles. The van der Waals surface area contributed by atoms with Crippen molar-refractivity contribution >= 4 is 22.3 Å². The standard InChI is InChI=1S/C12H18N2O2S/c1-8(9-5-3-2-4-6-9)14-11-10(12(15)16)13-7-17-11/h7-9,14H,2-6H2,1H3,(H,15,16). The summed E-state index contributed by atoms with van der Waals surface area (Å²) in [5.41, 5.74) is 1.73. The number of rotatable bonds is 4. The SMILES string of the molecule is CC(Nc1scnc1C(=O)O)C1CCCCC1. The van der Waals surface area contributed by atoms with Crippen molar-refractivity contribution in [2.24, 2.45) is 5.92 Å². The Morgan fingerprint density at radius 3 is 2.88 bits per heavy atom. The van der Waals surface area contributed by atoms with Gasteiger partial charge in [-0.3, -0.25) is 0 Å². The number of carbonyl (C=O) groups is 1. The summed E-state index contributed by atoms with van der Waals surface area (Å²) in [6.45, 7) is 2.14. The number of hydrogen-bond acceptors (Lipinski definition) is 4. The van der Waals surface area contributed by atoms with Crippen LogP contribution in [0.5, 0.6) is 0 Å². The lowest BCUT2D eigenvalue weighted by atomic mass is 9.84. The second-order valence-corrected chi connectivity index (χ2v) is 5.52. The first kappa shape index (κ1) is 12.4. The Morgan fingerprint density at radius 1 is 1.53 bits per heavy atom. The number of anilines is 1. The quantitative estimate of drug-likeness (QED) is 0.866. The summed E-state index contributed by atoms with van der Waals surface area (Å²) < 4.78 is 0. The smallest absolute Gasteiger partial charge is 0.357 e. The number of aromatic carboxylic acids is 1. The van der Waals surface area contributed by atoms with Crippen LogP contribution in [-0.2, 0) is 0 Å². The lowest BCUT2D eigenvalue weighted by Crippen LogP contribution is -2.28. The first-order valence-corrected chi connectivity index (χ1v) is 6.99. The largest absolute Gasteiger partial charge is 0.476 e. The van der Waals surface area contributed by atoms with E-state index in [0.29, 0.717) is 17.0 Å². The van der Waals surface area contributed by atoms with Crippen molar-refractivity contribution in [2.45, 2.75) is 45.1 Å². The number of nitrogens with zero attached hydrogens (tertiary/aromatic N) is 1. The van der Waals surface area contributed by atoms with Crippen LogP contribution in [0.25, 0.3) is 0 Å². The summed E-state index contributed by atoms with van der Waals surface area (Å²) >= 11 is 1.37. The number of hydrogen-bond donors (Lipinski definition) is 2. The van der Waals surface area contributed by atoms with E-state index in [0.717, 1.165) is 0 Å². The summed E-state index contributed by atoms with van der Waals surface area (Å²) in [7, 11) is 0. The fourth-order valence-electron chi connectivity index (χ4n) is 2.46. The fourth-order valence-corrected chi connectivity index (χ4v) is 3.23.